The summed E-state index contributed by atoms with van der Waals surface area (Å²) in [6.45, 7) is 8.47. The Bertz CT molecular complexity index is 310. The normalized spacial score (nSPS) is 27.1. The molecule has 1 atom stereocenters. The minimum absolute atomic E-state index is 0.0597. The van der Waals surface area contributed by atoms with Crippen LogP contribution in [0.15, 0.2) is 0 Å². The molecule has 2 fully saturated rings. The minimum Gasteiger partial charge on any atom is -0.342 e. The summed E-state index contributed by atoms with van der Waals surface area (Å²) < 4.78 is 0. The fourth-order valence-electron chi connectivity index (χ4n) is 4.02. The molecule has 2 aliphatic rings. The fourth-order valence-corrected chi connectivity index (χ4v) is 4.02. The van der Waals surface area contributed by atoms with Gasteiger partial charge in [-0.2, -0.15) is 0 Å². The highest BCUT2D eigenvalue weighted by atomic mass is 16.2. The summed E-state index contributed by atoms with van der Waals surface area (Å²) in [4.78, 5) is 15.2. The summed E-state index contributed by atoms with van der Waals surface area (Å²) in [6.07, 6.45) is 9.41. The van der Waals surface area contributed by atoms with Crippen LogP contribution in [0.4, 0.5) is 0 Å². The van der Waals surface area contributed by atoms with Crippen molar-refractivity contribution in [3.05, 3.63) is 0 Å². The van der Waals surface area contributed by atoms with E-state index >= 15 is 0 Å². The lowest BCUT2D eigenvalue weighted by Gasteiger charge is -2.39. The van der Waals surface area contributed by atoms with Crippen LogP contribution in [-0.2, 0) is 4.79 Å². The largest absolute Gasteiger partial charge is 0.342 e. The number of carbonyl (C=O) groups is 1. The predicted molar refractivity (Wildman–Crippen MR) is 83.7 cm³/mol. The van der Waals surface area contributed by atoms with Crippen molar-refractivity contribution in [1.82, 2.24) is 10.2 Å². The van der Waals surface area contributed by atoms with Gasteiger partial charge in [-0.25, -0.2) is 0 Å². The summed E-state index contributed by atoms with van der Waals surface area (Å²) in [5.41, 5.74) is -0.0597. The maximum atomic E-state index is 13.0. The molecule has 2 aliphatic heterocycles. The van der Waals surface area contributed by atoms with Crippen molar-refractivity contribution in [3.63, 3.8) is 0 Å². The number of piperidine rings is 1. The summed E-state index contributed by atoms with van der Waals surface area (Å²) in [7, 11) is 0. The topological polar surface area (TPSA) is 32.3 Å². The highest BCUT2D eigenvalue weighted by Crippen LogP contribution is 2.35. The van der Waals surface area contributed by atoms with E-state index in [1.807, 2.05) is 0 Å². The first-order chi connectivity index (χ1) is 9.72. The maximum Gasteiger partial charge on any atom is 0.228 e. The maximum absolute atomic E-state index is 13.0. The molecule has 0 radical (unpaired) electrons. The molecule has 0 aromatic rings. The van der Waals surface area contributed by atoms with Gasteiger partial charge >= 0.3 is 0 Å². The van der Waals surface area contributed by atoms with Gasteiger partial charge in [-0.15, -0.1) is 0 Å². The Morgan fingerprint density at radius 2 is 1.95 bits per heavy atom. The zero-order valence-corrected chi connectivity index (χ0v) is 13.4. The first-order valence-electron chi connectivity index (χ1n) is 8.72. The number of nitrogens with zero attached hydrogens (tertiary/aromatic N) is 1. The minimum atomic E-state index is -0.0597. The fraction of sp³-hybridized carbons (Fsp3) is 0.941. The van der Waals surface area contributed by atoms with E-state index in [9.17, 15) is 4.79 Å². The van der Waals surface area contributed by atoms with Crippen molar-refractivity contribution in [2.45, 2.75) is 65.2 Å². The second kappa shape index (κ2) is 7.44. The highest BCUT2D eigenvalue weighted by molar-refractivity contribution is 5.83. The van der Waals surface area contributed by atoms with Crippen LogP contribution in [0.5, 0.6) is 0 Å². The lowest BCUT2D eigenvalue weighted by atomic mass is 9.75. The van der Waals surface area contributed by atoms with Gasteiger partial charge in [-0.3, -0.25) is 4.79 Å². The average molecular weight is 280 g/mol. The lowest BCUT2D eigenvalue weighted by Crippen LogP contribution is -2.49. The molecule has 0 aliphatic carbocycles. The van der Waals surface area contributed by atoms with Crippen LogP contribution in [0.3, 0.4) is 0 Å². The monoisotopic (exact) mass is 280 g/mol. The van der Waals surface area contributed by atoms with Gasteiger partial charge in [-0.05, 0) is 57.5 Å². The molecule has 0 aromatic heterocycles. The Morgan fingerprint density at radius 3 is 2.60 bits per heavy atom. The zero-order valence-electron chi connectivity index (χ0n) is 13.4. The Balaban J connectivity index is 1.97. The lowest BCUT2D eigenvalue weighted by molar-refractivity contribution is -0.144. The second-order valence-corrected chi connectivity index (χ2v) is 6.76. The first-order valence-corrected chi connectivity index (χ1v) is 8.72. The smallest absolute Gasteiger partial charge is 0.228 e. The van der Waals surface area contributed by atoms with E-state index in [1.54, 1.807) is 0 Å². The third kappa shape index (κ3) is 3.55. The third-order valence-corrected chi connectivity index (χ3v) is 5.52. The number of carbonyl (C=O) groups excluding carboxylic acids is 1. The number of amides is 1. The molecule has 0 bridgehead atoms. The summed E-state index contributed by atoms with van der Waals surface area (Å²) >= 11 is 0. The molecular weight excluding hydrogens is 248 g/mol. The number of nitrogens with one attached hydrogen (secondary N) is 1. The molecule has 2 heterocycles. The zero-order chi connectivity index (χ0) is 14.4. The first kappa shape index (κ1) is 15.8. The van der Waals surface area contributed by atoms with Crippen molar-refractivity contribution < 1.29 is 4.79 Å². The predicted octanol–water partition coefficient (Wildman–Crippen LogP) is 3.20. The van der Waals surface area contributed by atoms with Crippen LogP contribution >= 0.6 is 0 Å². The molecule has 3 heteroatoms. The molecule has 1 N–H and O–H groups in total. The van der Waals surface area contributed by atoms with Crippen molar-refractivity contribution in [2.24, 2.45) is 11.3 Å². The second-order valence-electron chi connectivity index (χ2n) is 6.76. The van der Waals surface area contributed by atoms with Crippen LogP contribution < -0.4 is 5.32 Å². The molecule has 3 nitrogen and oxygen atoms in total. The summed E-state index contributed by atoms with van der Waals surface area (Å²) in [5.74, 6) is 1.31. The Morgan fingerprint density at radius 1 is 1.20 bits per heavy atom. The van der Waals surface area contributed by atoms with Gasteiger partial charge < -0.3 is 10.2 Å². The molecule has 1 amide bonds. The summed E-state index contributed by atoms with van der Waals surface area (Å²) in [6, 6.07) is 0. The van der Waals surface area contributed by atoms with Gasteiger partial charge in [0.15, 0.2) is 0 Å². The molecule has 2 saturated heterocycles. The number of hydrogen-bond donors (Lipinski definition) is 1. The van der Waals surface area contributed by atoms with Gasteiger partial charge in [0, 0.05) is 13.1 Å². The van der Waals surface area contributed by atoms with Crippen molar-refractivity contribution in [3.8, 4) is 0 Å². The van der Waals surface area contributed by atoms with E-state index < -0.39 is 0 Å². The summed E-state index contributed by atoms with van der Waals surface area (Å²) in [5, 5.41) is 3.40. The number of rotatable bonds is 4. The van der Waals surface area contributed by atoms with Gasteiger partial charge in [0.25, 0.3) is 0 Å². The van der Waals surface area contributed by atoms with Crippen molar-refractivity contribution in [2.75, 3.05) is 26.2 Å². The van der Waals surface area contributed by atoms with Crippen LogP contribution in [-0.4, -0.2) is 37.0 Å². The van der Waals surface area contributed by atoms with E-state index in [-0.39, 0.29) is 5.41 Å². The van der Waals surface area contributed by atoms with Crippen molar-refractivity contribution >= 4 is 5.91 Å². The molecule has 0 aromatic carbocycles. The van der Waals surface area contributed by atoms with E-state index in [4.69, 9.17) is 0 Å². The third-order valence-electron chi connectivity index (χ3n) is 5.52. The quantitative estimate of drug-likeness (QED) is 0.857. The van der Waals surface area contributed by atoms with E-state index in [1.165, 1.54) is 32.1 Å². The Labute approximate surface area is 124 Å². The highest BCUT2D eigenvalue weighted by Gasteiger charge is 2.40. The number of likely N-dealkylation sites (tertiary alicyclic amines) is 1. The average Bonchev–Trinajstić information content (AvgIpc) is 2.73. The number of hydrogen-bond acceptors (Lipinski definition) is 2. The van der Waals surface area contributed by atoms with Gasteiger partial charge in [0.1, 0.15) is 0 Å². The van der Waals surface area contributed by atoms with E-state index in [0.29, 0.717) is 5.91 Å². The van der Waals surface area contributed by atoms with Gasteiger partial charge in [0.05, 0.1) is 5.41 Å². The van der Waals surface area contributed by atoms with Crippen LogP contribution in [0.2, 0.25) is 0 Å². The molecule has 0 spiro atoms. The van der Waals surface area contributed by atoms with Gasteiger partial charge in [-0.1, -0.05) is 26.7 Å². The molecule has 0 saturated carbocycles. The van der Waals surface area contributed by atoms with Crippen LogP contribution in [0, 0.1) is 11.3 Å². The van der Waals surface area contributed by atoms with E-state index in [2.05, 4.69) is 24.1 Å². The molecule has 116 valence electrons. The Hall–Kier alpha value is -0.570. The molecular formula is C17H32N2O. The molecule has 2 rings (SSSR count). The SMILES string of the molecule is CCCC1CCCN(C(=O)C2(CC)CCNCC2)CC1. The Kier molecular flexibility index (Phi) is 5.88. The van der Waals surface area contributed by atoms with Crippen LogP contribution in [0.25, 0.3) is 0 Å². The molecule has 20 heavy (non-hydrogen) atoms. The van der Waals surface area contributed by atoms with Crippen molar-refractivity contribution in [1.29, 1.82) is 0 Å². The van der Waals surface area contributed by atoms with E-state index in [0.717, 1.165) is 51.4 Å². The standard InChI is InChI=1S/C17H32N2O/c1-3-6-15-7-5-13-19(14-8-15)16(20)17(4-2)9-11-18-12-10-17/h15,18H,3-14H2,1-2H3. The van der Waals surface area contributed by atoms with Crippen LogP contribution in [0.1, 0.15) is 65.2 Å². The molecule has 1 unspecified atom stereocenters. The van der Waals surface area contributed by atoms with Gasteiger partial charge in [0.2, 0.25) is 5.91 Å².